The zero-order valence-electron chi connectivity index (χ0n) is 8.80. The highest BCUT2D eigenvalue weighted by Gasteiger charge is 2.15. The molecule has 0 saturated carbocycles. The molecule has 2 rings (SSSR count). The molecule has 92 valence electrons. The second-order valence-corrected chi connectivity index (χ2v) is 3.63. The SMILES string of the molecule is O=C(O)c1cc(F)ccc1Oc1ncncc1Cl. The van der Waals surface area contributed by atoms with E-state index in [-0.39, 0.29) is 22.2 Å². The third-order valence-corrected chi connectivity index (χ3v) is 2.27. The Morgan fingerprint density at radius 1 is 1.44 bits per heavy atom. The molecule has 18 heavy (non-hydrogen) atoms. The van der Waals surface area contributed by atoms with E-state index in [0.717, 1.165) is 12.1 Å². The van der Waals surface area contributed by atoms with E-state index in [0.29, 0.717) is 0 Å². The highest BCUT2D eigenvalue weighted by Crippen LogP contribution is 2.28. The molecule has 0 radical (unpaired) electrons. The van der Waals surface area contributed by atoms with Crippen molar-refractivity contribution < 1.29 is 19.0 Å². The van der Waals surface area contributed by atoms with Gasteiger partial charge in [-0.25, -0.2) is 19.2 Å². The molecule has 0 bridgehead atoms. The Hall–Kier alpha value is -2.21. The van der Waals surface area contributed by atoms with Crippen LogP contribution < -0.4 is 4.74 Å². The summed E-state index contributed by atoms with van der Waals surface area (Å²) in [4.78, 5) is 18.3. The lowest BCUT2D eigenvalue weighted by Crippen LogP contribution is -2.01. The molecule has 2 aromatic rings. The minimum atomic E-state index is -1.31. The molecule has 0 aliphatic rings. The highest BCUT2D eigenvalue weighted by atomic mass is 35.5. The van der Waals surface area contributed by atoms with Gasteiger partial charge in [0.05, 0.1) is 6.20 Å². The summed E-state index contributed by atoms with van der Waals surface area (Å²) in [5.41, 5.74) is -0.315. The van der Waals surface area contributed by atoms with Gasteiger partial charge in [-0.1, -0.05) is 11.6 Å². The zero-order valence-corrected chi connectivity index (χ0v) is 9.56. The van der Waals surface area contributed by atoms with Crippen LogP contribution in [0.4, 0.5) is 4.39 Å². The molecule has 1 aromatic carbocycles. The van der Waals surface area contributed by atoms with Crippen molar-refractivity contribution in [1.29, 1.82) is 0 Å². The predicted molar refractivity (Wildman–Crippen MR) is 60.5 cm³/mol. The average Bonchev–Trinajstić information content (AvgIpc) is 2.34. The number of benzene rings is 1. The number of rotatable bonds is 3. The minimum Gasteiger partial charge on any atom is -0.478 e. The number of hydrogen-bond acceptors (Lipinski definition) is 4. The monoisotopic (exact) mass is 268 g/mol. The van der Waals surface area contributed by atoms with Crippen LogP contribution >= 0.6 is 11.6 Å². The normalized spacial score (nSPS) is 10.1. The summed E-state index contributed by atoms with van der Waals surface area (Å²) in [5, 5.41) is 9.05. The minimum absolute atomic E-state index is 0.000717. The van der Waals surface area contributed by atoms with Crippen LogP contribution in [0.2, 0.25) is 5.02 Å². The molecular weight excluding hydrogens is 263 g/mol. The van der Waals surface area contributed by atoms with E-state index in [1.165, 1.54) is 18.6 Å². The fraction of sp³-hybridized carbons (Fsp3) is 0. The number of ether oxygens (including phenoxy) is 1. The Bertz CT molecular complexity index is 607. The van der Waals surface area contributed by atoms with Gasteiger partial charge in [0, 0.05) is 0 Å². The number of halogens is 2. The van der Waals surface area contributed by atoms with Crippen LogP contribution in [0.3, 0.4) is 0 Å². The van der Waals surface area contributed by atoms with Gasteiger partial charge in [-0.05, 0) is 18.2 Å². The van der Waals surface area contributed by atoms with Crippen LogP contribution in [0.1, 0.15) is 10.4 Å². The molecule has 0 amide bonds. The molecule has 0 saturated heterocycles. The molecule has 0 aliphatic carbocycles. The number of carboxylic acids is 1. The van der Waals surface area contributed by atoms with Crippen molar-refractivity contribution in [3.8, 4) is 11.6 Å². The first-order chi connectivity index (χ1) is 8.58. The summed E-state index contributed by atoms with van der Waals surface area (Å²) in [7, 11) is 0. The van der Waals surface area contributed by atoms with Crippen molar-refractivity contribution in [2.45, 2.75) is 0 Å². The van der Waals surface area contributed by atoms with Gasteiger partial charge >= 0.3 is 5.97 Å². The molecule has 0 unspecified atom stereocenters. The molecule has 1 heterocycles. The maximum atomic E-state index is 13.0. The van der Waals surface area contributed by atoms with Gasteiger partial charge in [0.2, 0.25) is 5.88 Å². The van der Waals surface area contributed by atoms with E-state index in [4.69, 9.17) is 21.4 Å². The van der Waals surface area contributed by atoms with Gasteiger partial charge in [-0.15, -0.1) is 0 Å². The van der Waals surface area contributed by atoms with Crippen LogP contribution in [0.25, 0.3) is 0 Å². The van der Waals surface area contributed by atoms with Gasteiger partial charge in [0.25, 0.3) is 0 Å². The van der Waals surface area contributed by atoms with Crippen molar-refractivity contribution in [3.05, 3.63) is 47.1 Å². The molecule has 0 aliphatic heterocycles. The molecule has 0 fully saturated rings. The third kappa shape index (κ3) is 2.54. The molecule has 0 spiro atoms. The number of aromatic nitrogens is 2. The molecular formula is C11H6ClFN2O3. The number of carbonyl (C=O) groups is 1. The lowest BCUT2D eigenvalue weighted by atomic mass is 10.2. The van der Waals surface area contributed by atoms with E-state index in [2.05, 4.69) is 9.97 Å². The Balaban J connectivity index is 2.41. The van der Waals surface area contributed by atoms with Crippen molar-refractivity contribution in [1.82, 2.24) is 9.97 Å². The Labute approximate surface area is 106 Å². The molecule has 1 N–H and O–H groups in total. The summed E-state index contributed by atoms with van der Waals surface area (Å²) < 4.78 is 18.2. The molecule has 1 aromatic heterocycles. The molecule has 5 nitrogen and oxygen atoms in total. The fourth-order valence-corrected chi connectivity index (χ4v) is 1.38. The van der Waals surface area contributed by atoms with Gasteiger partial charge in [-0.3, -0.25) is 0 Å². The van der Waals surface area contributed by atoms with Crippen LogP contribution in [0.5, 0.6) is 11.6 Å². The first kappa shape index (κ1) is 12.3. The summed E-state index contributed by atoms with van der Waals surface area (Å²) in [6, 6.07) is 3.13. The lowest BCUT2D eigenvalue weighted by Gasteiger charge is -2.08. The molecule has 0 atom stereocenters. The number of aromatic carboxylic acids is 1. The first-order valence-corrected chi connectivity index (χ1v) is 5.12. The number of hydrogen-bond donors (Lipinski definition) is 1. The Morgan fingerprint density at radius 3 is 2.89 bits per heavy atom. The largest absolute Gasteiger partial charge is 0.478 e. The summed E-state index contributed by atoms with van der Waals surface area (Å²) in [6.07, 6.45) is 2.50. The quantitative estimate of drug-likeness (QED) is 0.927. The maximum absolute atomic E-state index is 13.0. The van der Waals surface area contributed by atoms with Crippen LogP contribution in [-0.2, 0) is 0 Å². The lowest BCUT2D eigenvalue weighted by molar-refractivity contribution is 0.0693. The van der Waals surface area contributed by atoms with E-state index in [1.807, 2.05) is 0 Å². The second-order valence-electron chi connectivity index (χ2n) is 3.22. The smallest absolute Gasteiger partial charge is 0.339 e. The van der Waals surface area contributed by atoms with Crippen molar-refractivity contribution >= 4 is 17.6 Å². The number of nitrogens with zero attached hydrogens (tertiary/aromatic N) is 2. The topological polar surface area (TPSA) is 72.3 Å². The second kappa shape index (κ2) is 4.97. The van der Waals surface area contributed by atoms with E-state index >= 15 is 0 Å². The van der Waals surface area contributed by atoms with Gasteiger partial charge < -0.3 is 9.84 Å². The molecule has 7 heteroatoms. The third-order valence-electron chi connectivity index (χ3n) is 2.01. The van der Waals surface area contributed by atoms with E-state index in [1.54, 1.807) is 0 Å². The van der Waals surface area contributed by atoms with Gasteiger partial charge in [-0.2, -0.15) is 0 Å². The fourth-order valence-electron chi connectivity index (χ4n) is 1.24. The van der Waals surface area contributed by atoms with Crippen molar-refractivity contribution in [2.24, 2.45) is 0 Å². The predicted octanol–water partition coefficient (Wildman–Crippen LogP) is 2.76. The van der Waals surface area contributed by atoms with Gasteiger partial charge in [0.1, 0.15) is 28.5 Å². The highest BCUT2D eigenvalue weighted by molar-refractivity contribution is 6.31. The van der Waals surface area contributed by atoms with Crippen LogP contribution in [0.15, 0.2) is 30.7 Å². The summed E-state index contributed by atoms with van der Waals surface area (Å²) in [6.45, 7) is 0. The standard InChI is InChI=1S/C11H6ClFN2O3/c12-8-4-14-5-15-10(8)18-9-2-1-6(13)3-7(9)11(16)17/h1-5H,(H,16,17). The van der Waals surface area contributed by atoms with E-state index < -0.39 is 11.8 Å². The number of carboxylic acid groups (broad SMARTS) is 1. The summed E-state index contributed by atoms with van der Waals surface area (Å²) in [5.74, 6) is -2.03. The zero-order chi connectivity index (χ0) is 13.1. The maximum Gasteiger partial charge on any atom is 0.339 e. The van der Waals surface area contributed by atoms with Gasteiger partial charge in [0.15, 0.2) is 0 Å². The van der Waals surface area contributed by atoms with Crippen molar-refractivity contribution in [3.63, 3.8) is 0 Å². The van der Waals surface area contributed by atoms with Crippen LogP contribution in [0, 0.1) is 5.82 Å². The van der Waals surface area contributed by atoms with Crippen LogP contribution in [-0.4, -0.2) is 21.0 Å². The average molecular weight is 269 g/mol. The van der Waals surface area contributed by atoms with Crippen molar-refractivity contribution in [2.75, 3.05) is 0 Å². The summed E-state index contributed by atoms with van der Waals surface area (Å²) >= 11 is 5.77. The first-order valence-electron chi connectivity index (χ1n) is 4.74. The Kier molecular flexibility index (Phi) is 3.38. The van der Waals surface area contributed by atoms with E-state index in [9.17, 15) is 9.18 Å². The Morgan fingerprint density at radius 2 is 2.22 bits per heavy atom.